The molecule has 1 aromatic carbocycles. The summed E-state index contributed by atoms with van der Waals surface area (Å²) < 4.78 is 43.0. The fourth-order valence-corrected chi connectivity index (χ4v) is 2.91. The first kappa shape index (κ1) is 22.7. The third-order valence-electron chi connectivity index (χ3n) is 4.47. The molecule has 160 valence electrons. The molecule has 2 rings (SSSR count). The van der Waals surface area contributed by atoms with Gasteiger partial charge in [-0.05, 0) is 45.7 Å². The van der Waals surface area contributed by atoms with Crippen molar-refractivity contribution < 1.29 is 32.3 Å². The molecule has 6 nitrogen and oxygen atoms in total. The van der Waals surface area contributed by atoms with Crippen molar-refractivity contribution in [2.45, 2.75) is 45.4 Å². The Bertz CT molecular complexity index is 746. The molecule has 0 spiro atoms. The number of Topliss-reactive ketones (excluding diaryl/α,β-unsaturated/α-hetero) is 1. The smallest absolute Gasteiger partial charge is 0.416 e. The van der Waals surface area contributed by atoms with E-state index in [2.05, 4.69) is 5.32 Å². The second-order valence-electron chi connectivity index (χ2n) is 7.96. The monoisotopic (exact) mass is 414 g/mol. The molecule has 1 saturated heterocycles. The van der Waals surface area contributed by atoms with Crippen LogP contribution in [0.1, 0.15) is 49.5 Å². The lowest BCUT2D eigenvalue weighted by atomic mass is 9.96. The SMILES string of the molecule is CC(C)(C)OC(=O)N1CCC(C(=O)NCC(=O)c2ccc(C(F)(F)F)cc2)CC1. The first-order valence-electron chi connectivity index (χ1n) is 9.33. The van der Waals surface area contributed by atoms with Gasteiger partial charge in [0.1, 0.15) is 5.60 Å². The Morgan fingerprint density at radius 2 is 1.62 bits per heavy atom. The van der Waals surface area contributed by atoms with Crippen LogP contribution < -0.4 is 5.32 Å². The fraction of sp³-hybridized carbons (Fsp3) is 0.550. The number of nitrogens with zero attached hydrogens (tertiary/aromatic N) is 1. The van der Waals surface area contributed by atoms with Crippen LogP contribution in [0.5, 0.6) is 0 Å². The van der Waals surface area contributed by atoms with E-state index in [0.717, 1.165) is 24.3 Å². The lowest BCUT2D eigenvalue weighted by molar-refractivity contribution is -0.137. The topological polar surface area (TPSA) is 75.7 Å². The molecule has 0 radical (unpaired) electrons. The van der Waals surface area contributed by atoms with Crippen molar-refractivity contribution in [2.75, 3.05) is 19.6 Å². The average Bonchev–Trinajstić information content (AvgIpc) is 2.64. The Morgan fingerprint density at radius 3 is 2.10 bits per heavy atom. The maximum absolute atomic E-state index is 12.6. The maximum atomic E-state index is 12.6. The number of halogens is 3. The molecule has 1 heterocycles. The zero-order valence-electron chi connectivity index (χ0n) is 16.6. The van der Waals surface area contributed by atoms with Gasteiger partial charge in [0, 0.05) is 24.6 Å². The van der Waals surface area contributed by atoms with Gasteiger partial charge < -0.3 is 15.0 Å². The van der Waals surface area contributed by atoms with E-state index in [4.69, 9.17) is 4.74 Å². The summed E-state index contributed by atoms with van der Waals surface area (Å²) in [4.78, 5) is 38.0. The number of nitrogens with one attached hydrogen (secondary N) is 1. The molecule has 1 N–H and O–H groups in total. The summed E-state index contributed by atoms with van der Waals surface area (Å²) in [6.45, 7) is 5.78. The minimum absolute atomic E-state index is 0.0954. The molecule has 0 atom stereocenters. The number of hydrogen-bond acceptors (Lipinski definition) is 4. The predicted octanol–water partition coefficient (Wildman–Crippen LogP) is 3.65. The zero-order valence-corrected chi connectivity index (χ0v) is 16.6. The second kappa shape index (κ2) is 8.84. The Kier molecular flexibility index (Phi) is 6.92. The van der Waals surface area contributed by atoms with Crippen LogP contribution in [0.2, 0.25) is 0 Å². The van der Waals surface area contributed by atoms with E-state index in [1.54, 1.807) is 25.7 Å². The molecule has 0 bridgehead atoms. The van der Waals surface area contributed by atoms with Gasteiger partial charge in [0.15, 0.2) is 5.78 Å². The van der Waals surface area contributed by atoms with Crippen LogP contribution >= 0.6 is 0 Å². The van der Waals surface area contributed by atoms with Crippen molar-refractivity contribution in [3.63, 3.8) is 0 Å². The predicted molar refractivity (Wildman–Crippen MR) is 99.3 cm³/mol. The largest absolute Gasteiger partial charge is 0.444 e. The lowest BCUT2D eigenvalue weighted by Gasteiger charge is -2.32. The van der Waals surface area contributed by atoms with Crippen molar-refractivity contribution in [2.24, 2.45) is 5.92 Å². The Morgan fingerprint density at radius 1 is 1.07 bits per heavy atom. The molecule has 0 aliphatic carbocycles. The normalized spacial score (nSPS) is 15.7. The first-order valence-corrected chi connectivity index (χ1v) is 9.33. The van der Waals surface area contributed by atoms with Crippen LogP contribution in [0.3, 0.4) is 0 Å². The molecule has 0 unspecified atom stereocenters. The number of likely N-dealkylation sites (tertiary alicyclic amines) is 1. The lowest BCUT2D eigenvalue weighted by Crippen LogP contribution is -2.45. The van der Waals surface area contributed by atoms with E-state index in [1.165, 1.54) is 0 Å². The highest BCUT2D eigenvalue weighted by atomic mass is 19.4. The molecule has 29 heavy (non-hydrogen) atoms. The van der Waals surface area contributed by atoms with E-state index in [9.17, 15) is 27.6 Å². The van der Waals surface area contributed by atoms with E-state index in [1.807, 2.05) is 0 Å². The van der Waals surface area contributed by atoms with Gasteiger partial charge in [-0.2, -0.15) is 13.2 Å². The van der Waals surface area contributed by atoms with Crippen molar-refractivity contribution in [1.82, 2.24) is 10.2 Å². The van der Waals surface area contributed by atoms with Crippen LogP contribution in [-0.2, 0) is 15.7 Å². The molecular formula is C20H25F3N2O4. The summed E-state index contributed by atoms with van der Waals surface area (Å²) in [5.74, 6) is -1.12. The molecule has 9 heteroatoms. The maximum Gasteiger partial charge on any atom is 0.416 e. The van der Waals surface area contributed by atoms with E-state index < -0.39 is 29.2 Å². The number of ketones is 1. The summed E-state index contributed by atoms with van der Waals surface area (Å²) in [5, 5.41) is 2.53. The Hall–Kier alpha value is -2.58. The number of carbonyl (C=O) groups excluding carboxylic acids is 3. The summed E-state index contributed by atoms with van der Waals surface area (Å²) in [6, 6.07) is 3.86. The number of rotatable bonds is 4. The second-order valence-corrected chi connectivity index (χ2v) is 7.96. The number of ether oxygens (including phenoxy) is 1. The van der Waals surface area contributed by atoms with Crippen LogP contribution in [0.25, 0.3) is 0 Å². The van der Waals surface area contributed by atoms with E-state index >= 15 is 0 Å². The van der Waals surface area contributed by atoms with Gasteiger partial charge in [0.2, 0.25) is 5.91 Å². The molecule has 1 aromatic rings. The van der Waals surface area contributed by atoms with Crippen LogP contribution in [0.15, 0.2) is 24.3 Å². The van der Waals surface area contributed by atoms with Crippen molar-refractivity contribution in [3.05, 3.63) is 35.4 Å². The minimum Gasteiger partial charge on any atom is -0.444 e. The number of benzene rings is 1. The zero-order chi connectivity index (χ0) is 21.8. The van der Waals surface area contributed by atoms with Crippen molar-refractivity contribution in [3.8, 4) is 0 Å². The van der Waals surface area contributed by atoms with Gasteiger partial charge in [-0.1, -0.05) is 12.1 Å². The molecule has 1 aliphatic rings. The number of alkyl halides is 3. The minimum atomic E-state index is -4.47. The fourth-order valence-electron chi connectivity index (χ4n) is 2.91. The van der Waals surface area contributed by atoms with Gasteiger partial charge in [-0.3, -0.25) is 9.59 Å². The standard InChI is InChI=1S/C20H25F3N2O4/c1-19(2,3)29-18(28)25-10-8-14(9-11-25)17(27)24-12-16(26)13-4-6-15(7-5-13)20(21,22)23/h4-7,14H,8-12H2,1-3H3,(H,24,27). The highest BCUT2D eigenvalue weighted by Gasteiger charge is 2.31. The quantitative estimate of drug-likeness (QED) is 0.763. The molecule has 1 aliphatic heterocycles. The first-order chi connectivity index (χ1) is 13.4. The highest BCUT2D eigenvalue weighted by Crippen LogP contribution is 2.29. The van der Waals surface area contributed by atoms with Gasteiger partial charge >= 0.3 is 12.3 Å². The van der Waals surface area contributed by atoms with Gasteiger partial charge in [-0.25, -0.2) is 4.79 Å². The van der Waals surface area contributed by atoms with Crippen molar-refractivity contribution >= 4 is 17.8 Å². The third kappa shape index (κ3) is 6.76. The van der Waals surface area contributed by atoms with Gasteiger partial charge in [-0.15, -0.1) is 0 Å². The molecule has 1 fully saturated rings. The van der Waals surface area contributed by atoms with Crippen LogP contribution in [-0.4, -0.2) is 47.9 Å². The summed E-state index contributed by atoms with van der Waals surface area (Å²) >= 11 is 0. The molecular weight excluding hydrogens is 389 g/mol. The Balaban J connectivity index is 1.80. The Labute approximate surface area is 167 Å². The summed E-state index contributed by atoms with van der Waals surface area (Å²) in [5.41, 5.74) is -1.34. The van der Waals surface area contributed by atoms with Gasteiger partial charge in [0.05, 0.1) is 12.1 Å². The number of amides is 2. The summed E-state index contributed by atoms with van der Waals surface area (Å²) in [6.07, 6.45) is -4.00. The van der Waals surface area contributed by atoms with Crippen LogP contribution in [0, 0.1) is 5.92 Å². The van der Waals surface area contributed by atoms with E-state index in [0.29, 0.717) is 25.9 Å². The van der Waals surface area contributed by atoms with E-state index in [-0.39, 0.29) is 23.9 Å². The average molecular weight is 414 g/mol. The highest BCUT2D eigenvalue weighted by molar-refractivity contribution is 5.99. The molecule has 0 saturated carbocycles. The van der Waals surface area contributed by atoms with Gasteiger partial charge in [0.25, 0.3) is 0 Å². The van der Waals surface area contributed by atoms with Crippen molar-refractivity contribution in [1.29, 1.82) is 0 Å². The third-order valence-corrected chi connectivity index (χ3v) is 4.47. The number of hydrogen-bond donors (Lipinski definition) is 1. The molecule has 0 aromatic heterocycles. The number of piperidine rings is 1. The van der Waals surface area contributed by atoms with Crippen LogP contribution in [0.4, 0.5) is 18.0 Å². The molecule has 2 amide bonds. The summed E-state index contributed by atoms with van der Waals surface area (Å²) in [7, 11) is 0. The number of carbonyl (C=O) groups is 3.